The van der Waals surface area contributed by atoms with E-state index in [1.54, 1.807) is 48.5 Å². The van der Waals surface area contributed by atoms with Crippen molar-refractivity contribution in [1.29, 1.82) is 0 Å². The van der Waals surface area contributed by atoms with Crippen LogP contribution < -0.4 is 53.9 Å². The Morgan fingerprint density at radius 1 is 0.349 bits per heavy atom. The quantitative estimate of drug-likeness (QED) is 0.0320. The Hall–Kier alpha value is -9.29. The van der Waals surface area contributed by atoms with Gasteiger partial charge < -0.3 is 103 Å². The molecule has 13 N–H and O–H groups in total. The summed E-state index contributed by atoms with van der Waals surface area (Å²) in [4.78, 5) is 3.32. The zero-order valence-electron chi connectivity index (χ0n) is 57.0. The highest BCUT2D eigenvalue weighted by molar-refractivity contribution is 6.87. The Morgan fingerprint density at radius 3 is 0.963 bits per heavy atom. The fraction of sp³-hybridized carbons (Fsp3) is 0.129. The topological polar surface area (TPSA) is 341 Å². The van der Waals surface area contributed by atoms with Crippen LogP contribution in [0.3, 0.4) is 0 Å². The SMILES string of the molecule is O.OB1OCc2cc(F)ccc21.OB1OCc2cc(F)ccc21.OCc1cc(F)ccc1B(O)OB(OB(O)c1ccc(F)cc1CO)c1ccc(F)cc1CO.OCc1cc(F)ccc1B1OB(c2ccc(F)cc2CO)OB(c2ccc(F)cc2CO)O1.[C-]#[N+]c1ccc(Oc2ccc3c(c2)COB3O)cc1. The van der Waals surface area contributed by atoms with Crippen LogP contribution >= 0.6 is 0 Å². The second-order valence-electron chi connectivity index (χ2n) is 24.0. The Kier molecular flexibility index (Phi) is 30.3. The third kappa shape index (κ3) is 21.6. The van der Waals surface area contributed by atoms with Crippen molar-refractivity contribution in [1.82, 2.24) is 0 Å². The van der Waals surface area contributed by atoms with E-state index in [1.807, 2.05) is 6.07 Å². The fourth-order valence-electron chi connectivity index (χ4n) is 11.5. The van der Waals surface area contributed by atoms with Crippen molar-refractivity contribution in [2.75, 3.05) is 0 Å². The molecule has 0 radical (unpaired) electrons. The highest BCUT2D eigenvalue weighted by Crippen LogP contribution is 2.27. The van der Waals surface area contributed by atoms with E-state index in [-0.39, 0.29) is 66.9 Å². The first-order valence-electron chi connectivity index (χ1n) is 32.7. The monoisotopic (exact) mass is 1500 g/mol. The van der Waals surface area contributed by atoms with Crippen molar-refractivity contribution in [3.05, 3.63) is 296 Å². The summed E-state index contributed by atoms with van der Waals surface area (Å²) in [5, 5.41) is 107. The number of ether oxygens (including phenoxy) is 1. The van der Waals surface area contributed by atoms with Crippen molar-refractivity contribution < 1.29 is 138 Å². The van der Waals surface area contributed by atoms with Crippen LogP contribution in [0.1, 0.15) is 50.1 Å². The lowest BCUT2D eigenvalue weighted by molar-refractivity contribution is 0.274. The van der Waals surface area contributed by atoms with Gasteiger partial charge in [0.2, 0.25) is 0 Å². The number of benzene rings is 10. The average molecular weight is 1500 g/mol. The van der Waals surface area contributed by atoms with Gasteiger partial charge in [0.05, 0.1) is 66.0 Å². The molecule has 14 rings (SSSR count). The molecule has 1 fully saturated rings. The van der Waals surface area contributed by atoms with E-state index < -0.39 is 139 Å². The number of halogens is 8. The fourth-order valence-corrected chi connectivity index (χ4v) is 11.5. The molecule has 0 saturated carbocycles. The molecule has 4 heterocycles. The van der Waals surface area contributed by atoms with Gasteiger partial charge in [0, 0.05) is 0 Å². The van der Waals surface area contributed by atoms with Crippen LogP contribution in [0.15, 0.2) is 188 Å². The third-order valence-electron chi connectivity index (χ3n) is 17.0. The molecular formula is C70H62B9F8NO21. The molecule has 556 valence electrons. The first kappa shape index (κ1) is 83.7. The predicted octanol–water partition coefficient (Wildman–Crippen LogP) is 0.724. The summed E-state index contributed by atoms with van der Waals surface area (Å²) in [6.07, 6.45) is 0. The Bertz CT molecular complexity index is 4540. The van der Waals surface area contributed by atoms with Crippen LogP contribution in [0.5, 0.6) is 11.5 Å². The molecule has 1 saturated heterocycles. The van der Waals surface area contributed by atoms with Gasteiger partial charge >= 0.3 is 64.1 Å². The van der Waals surface area contributed by atoms with Crippen molar-refractivity contribution in [3.8, 4) is 11.5 Å². The van der Waals surface area contributed by atoms with Gasteiger partial charge in [-0.1, -0.05) is 66.7 Å². The number of aliphatic hydroxyl groups is 6. The summed E-state index contributed by atoms with van der Waals surface area (Å²) in [6.45, 7) is 4.52. The molecule has 0 bridgehead atoms. The first-order valence-corrected chi connectivity index (χ1v) is 32.7. The number of fused-ring (bicyclic) bond motifs is 3. The van der Waals surface area contributed by atoms with Gasteiger partial charge in [-0.2, -0.15) is 0 Å². The van der Waals surface area contributed by atoms with E-state index in [2.05, 4.69) is 4.85 Å². The van der Waals surface area contributed by atoms with Gasteiger partial charge in [0.25, 0.3) is 0 Å². The molecular weight excluding hydrogens is 1440 g/mol. The summed E-state index contributed by atoms with van der Waals surface area (Å²) in [5.74, 6) is -2.90. The van der Waals surface area contributed by atoms with E-state index in [1.165, 1.54) is 78.9 Å². The minimum absolute atomic E-state index is 0. The average Bonchev–Trinajstić information content (AvgIpc) is 1.76. The van der Waals surface area contributed by atoms with Crippen LogP contribution in [0.4, 0.5) is 40.8 Å². The van der Waals surface area contributed by atoms with Crippen LogP contribution in [0.25, 0.3) is 4.85 Å². The lowest BCUT2D eigenvalue weighted by Crippen LogP contribution is -2.62. The van der Waals surface area contributed by atoms with Crippen molar-refractivity contribution in [2.45, 2.75) is 59.5 Å². The van der Waals surface area contributed by atoms with Crippen LogP contribution in [0, 0.1) is 53.1 Å². The van der Waals surface area contributed by atoms with Gasteiger partial charge in [-0.05, 0) is 221 Å². The number of rotatable bonds is 18. The second kappa shape index (κ2) is 39.4. The van der Waals surface area contributed by atoms with Crippen LogP contribution in [-0.4, -0.2) is 125 Å². The molecule has 22 nitrogen and oxygen atoms in total. The summed E-state index contributed by atoms with van der Waals surface area (Å²) in [5.41, 5.74) is 6.80. The molecule has 0 aliphatic carbocycles. The van der Waals surface area contributed by atoms with Gasteiger partial charge in [-0.15, -0.1) is 0 Å². The summed E-state index contributed by atoms with van der Waals surface area (Å²) < 4.78 is 156. The first-order chi connectivity index (χ1) is 52.0. The van der Waals surface area contributed by atoms with Crippen molar-refractivity contribution in [3.63, 3.8) is 0 Å². The maximum absolute atomic E-state index is 13.7. The van der Waals surface area contributed by atoms with E-state index >= 15 is 0 Å². The number of hydrogen-bond donors (Lipinski definition) is 11. The predicted molar refractivity (Wildman–Crippen MR) is 389 cm³/mol. The molecule has 4 aliphatic heterocycles. The standard InChI is InChI=1S/C21H20B3F3O7.C21H18B3F3O6.C14H10BNO3.2C7H6BFO2.H2O/c25-16-1-4-19(13(7-16)10-28)22(31)33-24(21-6-3-18(27)9-15(21)12-30)34-23(32)20-5-2-17(26)8-14(20)11-29;25-16-1-4-19(13(7-16)10-28)22-31-23(20-5-2-17(26)8-14(20)11-29)33-24(32-22)21-6-3-18(27)9-15(21)12-30;1-16-11-2-4-12(5-3-11)19-13-6-7-14-10(8-13)9-18-15(14)17;2*9-6-1-2-7-5(3-6)4-11-8(7)10;/h1-9,28-32H,10-12H2;1-9,28-30H,10-12H2;2-8,17H,9H2;2*1-3,10H,4H2;1H2. The third-order valence-corrected chi connectivity index (χ3v) is 17.0. The molecule has 0 unspecified atom stereocenters. The van der Waals surface area contributed by atoms with Crippen molar-refractivity contribution in [2.24, 2.45) is 0 Å². The maximum Gasteiger partial charge on any atom is 0.491 e. The smallest absolute Gasteiger partial charge is 0.457 e. The van der Waals surface area contributed by atoms with Gasteiger partial charge in [0.1, 0.15) is 58.0 Å². The van der Waals surface area contributed by atoms with E-state index in [0.717, 1.165) is 76.8 Å². The zero-order valence-corrected chi connectivity index (χ0v) is 57.0. The Morgan fingerprint density at radius 2 is 0.624 bits per heavy atom. The molecule has 10 aromatic carbocycles. The van der Waals surface area contributed by atoms with Crippen LogP contribution in [-0.2, 0) is 96.3 Å². The Labute approximate surface area is 621 Å². The van der Waals surface area contributed by atoms with E-state index in [0.29, 0.717) is 64.3 Å². The molecule has 0 spiro atoms. The normalized spacial score (nSPS) is 13.0. The molecule has 10 aromatic rings. The summed E-state index contributed by atoms with van der Waals surface area (Å²) in [6, 6.07) is 41.6. The van der Waals surface area contributed by atoms with Gasteiger partial charge in [-0.25, -0.2) is 40.0 Å². The number of nitrogens with zero attached hydrogens (tertiary/aromatic N) is 1. The Balaban J connectivity index is 0.000000168. The highest BCUT2D eigenvalue weighted by Gasteiger charge is 2.46. The van der Waals surface area contributed by atoms with Gasteiger partial charge in [0.15, 0.2) is 5.69 Å². The van der Waals surface area contributed by atoms with Crippen LogP contribution in [0.2, 0.25) is 0 Å². The molecule has 39 heteroatoms. The number of aliphatic hydroxyl groups excluding tert-OH is 6. The number of hydrogen-bond acceptors (Lipinski definition) is 20. The van der Waals surface area contributed by atoms with E-state index in [4.69, 9.17) is 58.2 Å². The minimum Gasteiger partial charge on any atom is -0.457 e. The lowest BCUT2D eigenvalue weighted by Gasteiger charge is -2.33. The minimum atomic E-state index is -1.80. The molecule has 0 amide bonds. The van der Waals surface area contributed by atoms with E-state index in [9.17, 15) is 80.8 Å². The lowest BCUT2D eigenvalue weighted by atomic mass is 9.59. The zero-order chi connectivity index (χ0) is 77.3. The molecule has 4 aliphatic rings. The van der Waals surface area contributed by atoms with Crippen molar-refractivity contribution >= 4 is 119 Å². The summed E-state index contributed by atoms with van der Waals surface area (Å²) in [7, 11) is -11.3. The molecule has 0 aromatic heterocycles. The summed E-state index contributed by atoms with van der Waals surface area (Å²) >= 11 is 0. The second-order valence-corrected chi connectivity index (χ2v) is 24.0. The van der Waals surface area contributed by atoms with Gasteiger partial charge in [-0.3, -0.25) is 0 Å². The highest BCUT2D eigenvalue weighted by atomic mass is 19.2. The maximum atomic E-state index is 13.7. The molecule has 109 heavy (non-hydrogen) atoms. The molecule has 0 atom stereocenters. The largest absolute Gasteiger partial charge is 0.491 e.